The molecule has 0 aromatic carbocycles. The average molecular weight is 301 g/mol. The number of aromatic nitrogens is 3. The molecule has 4 nitrogen and oxygen atoms in total. The normalized spacial score (nSPS) is 10.6. The molecule has 2 N–H and O–H groups in total. The van der Waals surface area contributed by atoms with Gasteiger partial charge in [0.25, 0.3) is 0 Å². The molecule has 0 aliphatic rings. The van der Waals surface area contributed by atoms with E-state index in [1.165, 1.54) is 6.20 Å². The summed E-state index contributed by atoms with van der Waals surface area (Å²) < 4.78 is 14.0. The van der Waals surface area contributed by atoms with Gasteiger partial charge in [0.05, 0.1) is 16.9 Å². The van der Waals surface area contributed by atoms with Gasteiger partial charge in [-0.05, 0) is 24.3 Å². The summed E-state index contributed by atoms with van der Waals surface area (Å²) in [7, 11) is 0. The summed E-state index contributed by atoms with van der Waals surface area (Å²) in [6.07, 6.45) is 5.94. The molecule has 0 atom stereocenters. The molecule has 0 unspecified atom stereocenters. The van der Waals surface area contributed by atoms with Gasteiger partial charge in [0.2, 0.25) is 0 Å². The molecular formula is C15H10ClFN4. The van der Waals surface area contributed by atoms with Crippen molar-refractivity contribution < 1.29 is 4.39 Å². The van der Waals surface area contributed by atoms with Crippen molar-refractivity contribution in [3.05, 3.63) is 59.9 Å². The van der Waals surface area contributed by atoms with Gasteiger partial charge in [-0.15, -0.1) is 0 Å². The van der Waals surface area contributed by atoms with Crippen molar-refractivity contribution in [1.29, 1.82) is 0 Å². The number of anilines is 1. The predicted molar refractivity (Wildman–Crippen MR) is 80.1 cm³/mol. The number of pyridine rings is 3. The lowest BCUT2D eigenvalue weighted by molar-refractivity contribution is 0.625. The molecule has 0 radical (unpaired) electrons. The quantitative estimate of drug-likeness (QED) is 0.785. The Morgan fingerprint density at radius 1 is 1.05 bits per heavy atom. The molecule has 0 saturated heterocycles. The van der Waals surface area contributed by atoms with Gasteiger partial charge in [-0.25, -0.2) is 9.37 Å². The Morgan fingerprint density at radius 3 is 2.57 bits per heavy atom. The zero-order valence-corrected chi connectivity index (χ0v) is 11.5. The second kappa shape index (κ2) is 5.46. The summed E-state index contributed by atoms with van der Waals surface area (Å²) in [6, 6.07) is 6.77. The van der Waals surface area contributed by atoms with Gasteiger partial charge in [0.15, 0.2) is 0 Å². The number of hydrogen-bond acceptors (Lipinski definition) is 4. The van der Waals surface area contributed by atoms with Crippen LogP contribution in [0, 0.1) is 5.82 Å². The molecule has 0 fully saturated rings. The van der Waals surface area contributed by atoms with Crippen molar-refractivity contribution in [1.82, 2.24) is 15.0 Å². The average Bonchev–Trinajstić information content (AvgIpc) is 2.51. The number of nitrogens with zero attached hydrogens (tertiary/aromatic N) is 3. The number of nitrogens with two attached hydrogens (primary N) is 1. The van der Waals surface area contributed by atoms with Crippen LogP contribution in [0.1, 0.15) is 0 Å². The SMILES string of the molecule is Nc1nc(-c2cccnc2)c(-c2ccncc2F)cc1Cl. The Labute approximate surface area is 125 Å². The first-order valence-electron chi connectivity index (χ1n) is 6.13. The van der Waals surface area contributed by atoms with E-state index in [-0.39, 0.29) is 10.8 Å². The van der Waals surface area contributed by atoms with Gasteiger partial charge in [-0.2, -0.15) is 0 Å². The second-order valence-electron chi connectivity index (χ2n) is 4.35. The fraction of sp³-hybridized carbons (Fsp3) is 0. The third kappa shape index (κ3) is 2.55. The summed E-state index contributed by atoms with van der Waals surface area (Å²) in [4.78, 5) is 12.1. The molecule has 6 heteroatoms. The van der Waals surface area contributed by atoms with Gasteiger partial charge in [-0.3, -0.25) is 9.97 Å². The fourth-order valence-electron chi connectivity index (χ4n) is 2.02. The highest BCUT2D eigenvalue weighted by Crippen LogP contribution is 2.35. The lowest BCUT2D eigenvalue weighted by Crippen LogP contribution is -1.98. The minimum atomic E-state index is -0.453. The van der Waals surface area contributed by atoms with Crippen LogP contribution >= 0.6 is 11.6 Å². The van der Waals surface area contributed by atoms with E-state index < -0.39 is 5.82 Å². The highest BCUT2D eigenvalue weighted by Gasteiger charge is 2.15. The molecule has 0 amide bonds. The van der Waals surface area contributed by atoms with Crippen LogP contribution in [0.5, 0.6) is 0 Å². The van der Waals surface area contributed by atoms with Crippen LogP contribution in [0.4, 0.5) is 10.2 Å². The number of rotatable bonds is 2. The zero-order valence-electron chi connectivity index (χ0n) is 10.8. The first kappa shape index (κ1) is 13.5. The number of nitrogen functional groups attached to an aromatic ring is 1. The first-order valence-corrected chi connectivity index (χ1v) is 6.51. The molecule has 3 heterocycles. The molecule has 3 aromatic heterocycles. The van der Waals surface area contributed by atoms with Crippen LogP contribution in [0.3, 0.4) is 0 Å². The summed E-state index contributed by atoms with van der Waals surface area (Å²) >= 11 is 6.03. The summed E-state index contributed by atoms with van der Waals surface area (Å²) in [5.74, 6) is -0.265. The zero-order chi connectivity index (χ0) is 14.8. The van der Waals surface area contributed by atoms with Crippen LogP contribution in [-0.4, -0.2) is 15.0 Å². The van der Waals surface area contributed by atoms with Crippen LogP contribution in [0.15, 0.2) is 49.1 Å². The summed E-state index contributed by atoms with van der Waals surface area (Å²) in [6.45, 7) is 0. The predicted octanol–water partition coefficient (Wildman–Crippen LogP) is 3.58. The van der Waals surface area contributed by atoms with Crippen molar-refractivity contribution in [3.63, 3.8) is 0 Å². The van der Waals surface area contributed by atoms with Gasteiger partial charge >= 0.3 is 0 Å². The van der Waals surface area contributed by atoms with Crippen molar-refractivity contribution in [2.45, 2.75) is 0 Å². The molecule has 0 spiro atoms. The van der Waals surface area contributed by atoms with Crippen LogP contribution in [-0.2, 0) is 0 Å². The van der Waals surface area contributed by atoms with Crippen molar-refractivity contribution in [2.24, 2.45) is 0 Å². The van der Waals surface area contributed by atoms with E-state index in [0.717, 1.165) is 11.8 Å². The molecule has 3 rings (SSSR count). The van der Waals surface area contributed by atoms with Gasteiger partial charge in [0.1, 0.15) is 11.6 Å². The van der Waals surface area contributed by atoms with E-state index in [1.807, 2.05) is 6.07 Å². The van der Waals surface area contributed by atoms with E-state index >= 15 is 0 Å². The van der Waals surface area contributed by atoms with E-state index in [1.54, 1.807) is 30.6 Å². The maximum Gasteiger partial charge on any atom is 0.149 e. The van der Waals surface area contributed by atoms with Crippen molar-refractivity contribution in [3.8, 4) is 22.4 Å². The number of halogens is 2. The smallest absolute Gasteiger partial charge is 0.149 e. The number of hydrogen-bond donors (Lipinski definition) is 1. The van der Waals surface area contributed by atoms with Crippen LogP contribution in [0.2, 0.25) is 5.02 Å². The van der Waals surface area contributed by atoms with Gasteiger partial charge in [0, 0.05) is 35.3 Å². The summed E-state index contributed by atoms with van der Waals surface area (Å²) in [5.41, 5.74) is 7.93. The van der Waals surface area contributed by atoms with E-state index in [2.05, 4.69) is 15.0 Å². The molecular weight excluding hydrogens is 291 g/mol. The maximum absolute atomic E-state index is 14.0. The van der Waals surface area contributed by atoms with Crippen LogP contribution in [0.25, 0.3) is 22.4 Å². The van der Waals surface area contributed by atoms with E-state index in [9.17, 15) is 4.39 Å². The topological polar surface area (TPSA) is 64.7 Å². The Hall–Kier alpha value is -2.53. The highest BCUT2D eigenvalue weighted by atomic mass is 35.5. The van der Waals surface area contributed by atoms with Crippen molar-refractivity contribution >= 4 is 17.4 Å². The molecule has 0 aliphatic carbocycles. The maximum atomic E-state index is 14.0. The van der Waals surface area contributed by atoms with E-state index in [4.69, 9.17) is 17.3 Å². The monoisotopic (exact) mass is 300 g/mol. The van der Waals surface area contributed by atoms with Crippen molar-refractivity contribution in [2.75, 3.05) is 5.73 Å². The summed E-state index contributed by atoms with van der Waals surface area (Å²) in [5, 5.41) is 0.272. The Kier molecular flexibility index (Phi) is 3.50. The molecule has 104 valence electrons. The largest absolute Gasteiger partial charge is 0.382 e. The van der Waals surface area contributed by atoms with Crippen LogP contribution < -0.4 is 5.73 Å². The third-order valence-corrected chi connectivity index (χ3v) is 3.30. The fourth-order valence-corrected chi connectivity index (χ4v) is 2.18. The molecule has 0 bridgehead atoms. The Balaban J connectivity index is 2.30. The Bertz CT molecular complexity index is 793. The van der Waals surface area contributed by atoms with Gasteiger partial charge < -0.3 is 5.73 Å². The minimum Gasteiger partial charge on any atom is -0.382 e. The Morgan fingerprint density at radius 2 is 1.86 bits per heavy atom. The van der Waals surface area contributed by atoms with E-state index in [0.29, 0.717) is 16.8 Å². The first-order chi connectivity index (χ1) is 10.2. The lowest BCUT2D eigenvalue weighted by atomic mass is 10.0. The minimum absolute atomic E-state index is 0.189. The molecule has 0 saturated carbocycles. The molecule has 21 heavy (non-hydrogen) atoms. The standard InChI is InChI=1S/C15H10ClFN4/c16-12-6-11(10-3-5-20-8-13(10)17)14(21-15(12)18)9-2-1-4-19-7-9/h1-8H,(H2,18,21). The third-order valence-electron chi connectivity index (χ3n) is 3.00. The molecule has 3 aromatic rings. The second-order valence-corrected chi connectivity index (χ2v) is 4.76. The molecule has 0 aliphatic heterocycles. The van der Waals surface area contributed by atoms with Gasteiger partial charge in [-0.1, -0.05) is 11.6 Å². The lowest BCUT2D eigenvalue weighted by Gasteiger charge is -2.11. The highest BCUT2D eigenvalue weighted by molar-refractivity contribution is 6.33.